The number of carbonyl (C=O) groups excluding carboxylic acids is 1. The lowest BCUT2D eigenvalue weighted by molar-refractivity contribution is -0.146. The Hall–Kier alpha value is -3.48. The van der Waals surface area contributed by atoms with Gasteiger partial charge in [0.25, 0.3) is 0 Å². The number of para-hydroxylation sites is 2. The molecule has 0 aliphatic carbocycles. The Labute approximate surface area is 174 Å². The van der Waals surface area contributed by atoms with Crippen LogP contribution in [0.5, 0.6) is 23.0 Å². The van der Waals surface area contributed by atoms with Gasteiger partial charge in [-0.05, 0) is 37.6 Å². The molecule has 0 aliphatic heterocycles. The lowest BCUT2D eigenvalue weighted by Gasteiger charge is -2.11. The van der Waals surface area contributed by atoms with E-state index >= 15 is 0 Å². The standard InChI is InChI=1S/C23H24O7/c1-3-5-12-27-22(24)15-28-16-10-11-17-20(13-16)29-14-21(23(17)25)30-19-9-7-6-8-18(19)26-4-2/h6-11,13-14H,3-5,12,15H2,1-2H3. The first-order valence-corrected chi connectivity index (χ1v) is 9.86. The Morgan fingerprint density at radius 2 is 1.80 bits per heavy atom. The number of hydrogen-bond donors (Lipinski definition) is 0. The fraction of sp³-hybridized carbons (Fsp3) is 0.304. The average Bonchev–Trinajstić information content (AvgIpc) is 2.76. The number of fused-ring (bicyclic) bond motifs is 1. The number of hydrogen-bond acceptors (Lipinski definition) is 7. The van der Waals surface area contributed by atoms with Gasteiger partial charge in [-0.1, -0.05) is 25.5 Å². The van der Waals surface area contributed by atoms with Crippen molar-refractivity contribution in [2.24, 2.45) is 0 Å². The quantitative estimate of drug-likeness (QED) is 0.352. The van der Waals surface area contributed by atoms with Crippen LogP contribution in [0.1, 0.15) is 26.7 Å². The van der Waals surface area contributed by atoms with E-state index in [-0.39, 0.29) is 17.8 Å². The number of unbranched alkanes of at least 4 members (excludes halogenated alkanes) is 1. The molecule has 0 bridgehead atoms. The van der Waals surface area contributed by atoms with Crippen LogP contribution in [0.15, 0.2) is 57.9 Å². The van der Waals surface area contributed by atoms with Gasteiger partial charge >= 0.3 is 5.97 Å². The van der Waals surface area contributed by atoms with E-state index in [0.717, 1.165) is 12.8 Å². The van der Waals surface area contributed by atoms with E-state index in [1.165, 1.54) is 6.26 Å². The molecule has 0 saturated carbocycles. The van der Waals surface area contributed by atoms with Crippen LogP contribution in [-0.2, 0) is 9.53 Å². The average molecular weight is 412 g/mol. The molecule has 0 amide bonds. The molecule has 0 saturated heterocycles. The van der Waals surface area contributed by atoms with E-state index in [0.29, 0.717) is 41.4 Å². The first-order valence-electron chi connectivity index (χ1n) is 9.86. The molecule has 3 aromatic rings. The van der Waals surface area contributed by atoms with Gasteiger partial charge in [0, 0.05) is 6.07 Å². The van der Waals surface area contributed by atoms with Crippen molar-refractivity contribution in [1.29, 1.82) is 0 Å². The molecule has 30 heavy (non-hydrogen) atoms. The number of esters is 1. The van der Waals surface area contributed by atoms with E-state index in [4.69, 9.17) is 23.4 Å². The van der Waals surface area contributed by atoms with Crippen LogP contribution in [-0.4, -0.2) is 25.8 Å². The van der Waals surface area contributed by atoms with E-state index in [1.807, 2.05) is 19.9 Å². The third-order valence-electron chi connectivity index (χ3n) is 4.20. The van der Waals surface area contributed by atoms with Crippen LogP contribution < -0.4 is 19.6 Å². The summed E-state index contributed by atoms with van der Waals surface area (Å²) >= 11 is 0. The number of carbonyl (C=O) groups is 1. The minimum absolute atomic E-state index is 0.0443. The third-order valence-corrected chi connectivity index (χ3v) is 4.20. The highest BCUT2D eigenvalue weighted by Gasteiger charge is 2.13. The predicted molar refractivity (Wildman–Crippen MR) is 112 cm³/mol. The molecular formula is C23H24O7. The summed E-state index contributed by atoms with van der Waals surface area (Å²) in [6.07, 6.45) is 3.00. The third kappa shape index (κ3) is 5.31. The summed E-state index contributed by atoms with van der Waals surface area (Å²) in [6.45, 7) is 4.52. The SMILES string of the molecule is CCCCOC(=O)COc1ccc2c(=O)c(Oc3ccccc3OCC)coc2c1. The monoisotopic (exact) mass is 412 g/mol. The highest BCUT2D eigenvalue weighted by atomic mass is 16.6. The molecule has 1 aromatic heterocycles. The summed E-state index contributed by atoms with van der Waals surface area (Å²) in [5, 5.41) is 0.333. The van der Waals surface area contributed by atoms with Gasteiger partial charge in [0.15, 0.2) is 18.1 Å². The summed E-state index contributed by atoms with van der Waals surface area (Å²) in [5.74, 6) is 0.958. The highest BCUT2D eigenvalue weighted by Crippen LogP contribution is 2.31. The van der Waals surface area contributed by atoms with Gasteiger partial charge in [0.2, 0.25) is 11.2 Å². The molecule has 2 aromatic carbocycles. The van der Waals surface area contributed by atoms with Crippen molar-refractivity contribution in [3.8, 4) is 23.0 Å². The van der Waals surface area contributed by atoms with Gasteiger partial charge in [0.05, 0.1) is 18.6 Å². The molecule has 1 heterocycles. The number of rotatable bonds is 10. The Bertz CT molecular complexity index is 1050. The maximum atomic E-state index is 12.8. The fourth-order valence-electron chi connectivity index (χ4n) is 2.69. The van der Waals surface area contributed by atoms with E-state index in [2.05, 4.69) is 0 Å². The molecule has 0 spiro atoms. The molecule has 0 fully saturated rings. The smallest absolute Gasteiger partial charge is 0.344 e. The van der Waals surface area contributed by atoms with Crippen molar-refractivity contribution in [3.63, 3.8) is 0 Å². The summed E-state index contributed by atoms with van der Waals surface area (Å²) in [4.78, 5) is 24.4. The number of benzene rings is 2. The highest BCUT2D eigenvalue weighted by molar-refractivity contribution is 5.79. The Morgan fingerprint density at radius 1 is 1.00 bits per heavy atom. The second kappa shape index (κ2) is 10.3. The minimum Gasteiger partial charge on any atom is -0.490 e. The Balaban J connectivity index is 1.74. The first-order chi connectivity index (χ1) is 14.6. The van der Waals surface area contributed by atoms with Gasteiger partial charge in [-0.3, -0.25) is 4.79 Å². The van der Waals surface area contributed by atoms with E-state index < -0.39 is 5.97 Å². The lowest BCUT2D eigenvalue weighted by atomic mass is 10.2. The van der Waals surface area contributed by atoms with Crippen molar-refractivity contribution in [1.82, 2.24) is 0 Å². The molecule has 0 aliphatic rings. The molecule has 7 nitrogen and oxygen atoms in total. The zero-order chi connectivity index (χ0) is 21.3. The van der Waals surface area contributed by atoms with Crippen LogP contribution >= 0.6 is 0 Å². The summed E-state index contributed by atoms with van der Waals surface area (Å²) in [6, 6.07) is 11.8. The minimum atomic E-state index is -0.443. The Kier molecular flexibility index (Phi) is 7.32. The van der Waals surface area contributed by atoms with E-state index in [1.54, 1.807) is 36.4 Å². The van der Waals surface area contributed by atoms with Gasteiger partial charge in [-0.15, -0.1) is 0 Å². The van der Waals surface area contributed by atoms with Crippen LogP contribution in [0.4, 0.5) is 0 Å². The van der Waals surface area contributed by atoms with Crippen LogP contribution in [0.3, 0.4) is 0 Å². The van der Waals surface area contributed by atoms with Crippen molar-refractivity contribution in [2.45, 2.75) is 26.7 Å². The predicted octanol–water partition coefficient (Wildman–Crippen LogP) is 4.71. The normalized spacial score (nSPS) is 10.6. The van der Waals surface area contributed by atoms with Gasteiger partial charge in [-0.25, -0.2) is 4.79 Å². The van der Waals surface area contributed by atoms with Crippen molar-refractivity contribution >= 4 is 16.9 Å². The Morgan fingerprint density at radius 3 is 2.57 bits per heavy atom. The maximum Gasteiger partial charge on any atom is 0.344 e. The molecule has 0 N–H and O–H groups in total. The van der Waals surface area contributed by atoms with Crippen molar-refractivity contribution in [3.05, 3.63) is 59.0 Å². The topological polar surface area (TPSA) is 84.2 Å². The molecule has 158 valence electrons. The molecule has 3 rings (SSSR count). The first kappa shape index (κ1) is 21.2. The molecule has 0 atom stereocenters. The lowest BCUT2D eigenvalue weighted by Crippen LogP contribution is -2.15. The molecule has 7 heteroatoms. The molecule has 0 radical (unpaired) electrons. The zero-order valence-corrected chi connectivity index (χ0v) is 17.0. The van der Waals surface area contributed by atoms with Gasteiger partial charge in [-0.2, -0.15) is 0 Å². The van der Waals surface area contributed by atoms with Gasteiger partial charge in [0.1, 0.15) is 17.6 Å². The maximum absolute atomic E-state index is 12.8. The summed E-state index contributed by atoms with van der Waals surface area (Å²) in [7, 11) is 0. The second-order valence-corrected chi connectivity index (χ2v) is 6.43. The molecule has 0 unspecified atom stereocenters. The summed E-state index contributed by atoms with van der Waals surface area (Å²) < 4.78 is 27.3. The second-order valence-electron chi connectivity index (χ2n) is 6.43. The largest absolute Gasteiger partial charge is 0.490 e. The molecular weight excluding hydrogens is 388 g/mol. The van der Waals surface area contributed by atoms with Crippen LogP contribution in [0.2, 0.25) is 0 Å². The zero-order valence-electron chi connectivity index (χ0n) is 17.0. The van der Waals surface area contributed by atoms with E-state index in [9.17, 15) is 9.59 Å². The number of ether oxygens (including phenoxy) is 4. The van der Waals surface area contributed by atoms with Crippen molar-refractivity contribution < 1.29 is 28.2 Å². The van der Waals surface area contributed by atoms with Gasteiger partial charge < -0.3 is 23.4 Å². The van der Waals surface area contributed by atoms with Crippen LogP contribution in [0, 0.1) is 0 Å². The van der Waals surface area contributed by atoms with Crippen LogP contribution in [0.25, 0.3) is 11.0 Å². The summed E-state index contributed by atoms with van der Waals surface area (Å²) in [5.41, 5.74) is -0.00429. The fourth-order valence-corrected chi connectivity index (χ4v) is 2.69. The van der Waals surface area contributed by atoms with Crippen molar-refractivity contribution in [2.75, 3.05) is 19.8 Å².